The monoisotopic (exact) mass is 1740 g/mol. The number of carbonyl (C=O) groups is 16. The summed E-state index contributed by atoms with van der Waals surface area (Å²) < 4.78 is 0. The van der Waals surface area contributed by atoms with Gasteiger partial charge in [-0.1, -0.05) is 109 Å². The molecule has 5 aromatic rings. The lowest BCUT2D eigenvalue weighted by molar-refractivity contribution is -0.142. The predicted molar refractivity (Wildman–Crippen MR) is 453 cm³/mol. The van der Waals surface area contributed by atoms with Crippen molar-refractivity contribution >= 4 is 131 Å². The zero-order valence-electron chi connectivity index (χ0n) is 68.0. The van der Waals surface area contributed by atoms with Gasteiger partial charge in [-0.2, -0.15) is 25.3 Å². The maximum atomic E-state index is 15.4. The van der Waals surface area contributed by atoms with E-state index in [4.69, 9.17) is 22.9 Å². The second-order valence-corrected chi connectivity index (χ2v) is 29.8. The topological polar surface area (TPSA) is 654 Å². The molecule has 15 amide bonds. The number of nitrogens with two attached hydrogens (primary N) is 4. The molecule has 0 fully saturated rings. The van der Waals surface area contributed by atoms with Crippen LogP contribution in [0.15, 0.2) is 121 Å². The van der Waals surface area contributed by atoms with Crippen LogP contribution in [0.5, 0.6) is 0 Å². The first-order valence-electron chi connectivity index (χ1n) is 39.6. The number of aliphatic hydroxyl groups is 3. The van der Waals surface area contributed by atoms with E-state index in [1.165, 1.54) is 6.92 Å². The lowest BCUT2D eigenvalue weighted by Crippen LogP contribution is -2.63. The highest BCUT2D eigenvalue weighted by Gasteiger charge is 2.40. The highest BCUT2D eigenvalue weighted by molar-refractivity contribution is 7.80. The summed E-state index contributed by atoms with van der Waals surface area (Å²) in [7, 11) is 0. The van der Waals surface area contributed by atoms with E-state index in [2.05, 4.69) is 110 Å². The minimum atomic E-state index is -1.92. The smallest absolute Gasteiger partial charge is 0.327 e. The fourth-order valence-electron chi connectivity index (χ4n) is 12.3. The van der Waals surface area contributed by atoms with Crippen molar-refractivity contribution in [2.24, 2.45) is 22.9 Å². The molecule has 0 radical (unpaired) electrons. The number of aliphatic hydroxyl groups excluding tert-OH is 3. The standard InChI is InChI=1S/C80H114N20O20S2/c1-43(88-64(105)38-85-46(4)83)68(107)87-39-65(106)89-61(41-121)77(116)91-53(28-16-18-30-81)69(108)95-59(36-63(84)104)74(113)93-55(32-47-20-8-5-9-21-47)71(110)92-56(33-48-22-10-6-11-23-48)72(111)94-58(35-50-37-86-52-27-15-14-26-51(50)52)73(112)90-54(29-17-19-31-82)70(109)99-66(44(2)102)78(117)96-57(34-49-24-12-7-13-25-49)75(114)100-67(45(3)103)79(118)97-60(40-101)76(115)98-62(42-122)80(119)120/h5-15,20-27,37,43-46,53-62,66-67,85-86,101-103,121-122H,16-19,28-36,38-42,81-83H2,1-4H3,(H2,84,104)(H,87,107)(H,88,105)(H,89,106)(H,90,112)(H,91,116)(H,92,110)(H,93,113)(H,94,111)(H,95,108)(H,96,117)(H,97,118)(H,98,115)(H,99,109)(H,100,114)(H,119,120)/t43-,44?,45?,46?,53-,54-,55-,56-,57-,58-,59-,60-,61-,62-,66-,67-/m0/s1. The van der Waals surface area contributed by atoms with Crippen molar-refractivity contribution in [2.45, 2.75) is 195 Å². The third-order valence-corrected chi connectivity index (χ3v) is 19.8. The van der Waals surface area contributed by atoms with E-state index < -0.39 is 211 Å². The molecule has 28 N–H and O–H groups in total. The van der Waals surface area contributed by atoms with Gasteiger partial charge in [0.1, 0.15) is 78.5 Å². The lowest BCUT2D eigenvalue weighted by atomic mass is 10.00. The number of carboxylic acid groups (broad SMARTS) is 1. The van der Waals surface area contributed by atoms with E-state index in [1.807, 2.05) is 0 Å². The highest BCUT2D eigenvalue weighted by atomic mass is 32.1. The number of aliphatic carboxylic acids is 1. The largest absolute Gasteiger partial charge is 0.480 e. The number of hydrogen-bond donors (Lipinski definition) is 26. The van der Waals surface area contributed by atoms with Crippen LogP contribution in [0.25, 0.3) is 10.9 Å². The van der Waals surface area contributed by atoms with Crippen LogP contribution in [0.3, 0.4) is 0 Å². The summed E-state index contributed by atoms with van der Waals surface area (Å²) >= 11 is 8.12. The van der Waals surface area contributed by atoms with Crippen LogP contribution in [0.1, 0.15) is 94.9 Å². The van der Waals surface area contributed by atoms with Gasteiger partial charge in [-0.05, 0) is 108 Å². The number of rotatable bonds is 54. The van der Waals surface area contributed by atoms with Gasteiger partial charge < -0.3 is 123 Å². The average Bonchev–Trinajstić information content (AvgIpc) is 1.76. The Kier molecular flexibility index (Phi) is 43.4. The predicted octanol–water partition coefficient (Wildman–Crippen LogP) is -6.40. The molecule has 3 unspecified atom stereocenters. The van der Waals surface area contributed by atoms with Gasteiger partial charge in [-0.15, -0.1) is 0 Å². The number of para-hydroxylation sites is 1. The number of H-pyrrole nitrogens is 1. The summed E-state index contributed by atoms with van der Waals surface area (Å²) in [5, 5.41) is 79.5. The molecule has 0 saturated carbocycles. The van der Waals surface area contributed by atoms with Gasteiger partial charge in [-0.3, -0.25) is 77.2 Å². The number of carboxylic acids is 1. The number of unbranched alkanes of at least 4 members (excludes halogenated alkanes) is 2. The third kappa shape index (κ3) is 34.5. The molecular formula is C80H114N20O20S2. The summed E-state index contributed by atoms with van der Waals surface area (Å²) in [6.07, 6.45) is -3.71. The first-order chi connectivity index (χ1) is 58.1. The van der Waals surface area contributed by atoms with Gasteiger partial charge in [0, 0.05) is 54.3 Å². The molecule has 1 aromatic heterocycles. The van der Waals surface area contributed by atoms with E-state index >= 15 is 14.4 Å². The number of hydrogen-bond acceptors (Lipinski definition) is 25. The Hall–Kier alpha value is -11.6. The molecule has 666 valence electrons. The molecule has 0 bridgehead atoms. The number of fused-ring (bicyclic) bond motifs is 1. The van der Waals surface area contributed by atoms with Crippen molar-refractivity contribution in [3.8, 4) is 0 Å². The van der Waals surface area contributed by atoms with Crippen LogP contribution in [-0.4, -0.2) is 261 Å². The van der Waals surface area contributed by atoms with Crippen LogP contribution >= 0.6 is 25.3 Å². The Labute approximate surface area is 715 Å². The molecule has 5 rings (SSSR count). The number of primary amides is 1. The van der Waals surface area contributed by atoms with Crippen LogP contribution in [0.2, 0.25) is 0 Å². The van der Waals surface area contributed by atoms with Gasteiger partial charge in [0.15, 0.2) is 0 Å². The van der Waals surface area contributed by atoms with Crippen molar-refractivity contribution in [3.05, 3.63) is 144 Å². The van der Waals surface area contributed by atoms with Crippen molar-refractivity contribution in [1.29, 1.82) is 0 Å². The summed E-state index contributed by atoms with van der Waals surface area (Å²) in [6.45, 7) is 3.59. The Morgan fingerprint density at radius 1 is 0.402 bits per heavy atom. The molecule has 4 aromatic carbocycles. The number of amides is 15. The highest BCUT2D eigenvalue weighted by Crippen LogP contribution is 2.21. The van der Waals surface area contributed by atoms with Crippen molar-refractivity contribution in [2.75, 3.05) is 44.3 Å². The normalized spacial score (nSPS) is 15.1. The molecule has 42 heteroatoms. The fraction of sp³-hybridized carbons (Fsp3) is 0.475. The number of aromatic nitrogens is 1. The first-order valence-corrected chi connectivity index (χ1v) is 40.8. The molecule has 0 aliphatic rings. The SMILES string of the molecule is CC(N)NCC(=O)N[C@@H](C)C(=O)NCC(=O)N[C@@H](CS)C(=O)N[C@@H](CCCCN)C(=O)N[C@@H](CC(N)=O)C(=O)N[C@@H](Cc1ccccc1)C(=O)N[C@@H](Cc1ccccc1)C(=O)N[C@@H](Cc1c[nH]c2ccccc12)C(=O)N[C@@H](CCCCN)C(=O)N[C@H](C(=O)N[C@@H](Cc1ccccc1)C(=O)N[C@H](C(=O)N[C@@H](CO)C(=O)N[C@@H](CS)C(=O)O)C(C)O)C(C)O. The molecule has 16 atom stereocenters. The van der Waals surface area contributed by atoms with Crippen LogP contribution in [0, 0.1) is 0 Å². The summed E-state index contributed by atoms with van der Waals surface area (Å²) in [6, 6.07) is 10.4. The van der Waals surface area contributed by atoms with Gasteiger partial charge in [-0.25, -0.2) is 4.79 Å². The van der Waals surface area contributed by atoms with Gasteiger partial charge >= 0.3 is 5.97 Å². The number of benzene rings is 4. The van der Waals surface area contributed by atoms with Crippen LogP contribution < -0.4 is 103 Å². The zero-order valence-corrected chi connectivity index (χ0v) is 69.8. The van der Waals surface area contributed by atoms with Crippen LogP contribution in [0.4, 0.5) is 0 Å². The molecule has 40 nitrogen and oxygen atoms in total. The molecule has 0 aliphatic heterocycles. The number of carbonyl (C=O) groups excluding carboxylic acids is 15. The summed E-state index contributed by atoms with van der Waals surface area (Å²) in [5.74, 6) is -17.3. The summed E-state index contributed by atoms with van der Waals surface area (Å²) in [5.41, 5.74) is 25.5. The lowest BCUT2D eigenvalue weighted by Gasteiger charge is -2.29. The molecular weight excluding hydrogens is 1630 g/mol. The Morgan fingerprint density at radius 3 is 1.19 bits per heavy atom. The average molecular weight is 1740 g/mol. The minimum absolute atomic E-state index is 0.110. The Morgan fingerprint density at radius 2 is 0.762 bits per heavy atom. The Balaban J connectivity index is 1.45. The van der Waals surface area contributed by atoms with Gasteiger partial charge in [0.2, 0.25) is 88.6 Å². The quantitative estimate of drug-likeness (QED) is 0.00978. The second-order valence-electron chi connectivity index (χ2n) is 29.1. The van der Waals surface area contributed by atoms with Crippen molar-refractivity contribution in [1.82, 2.24) is 84.7 Å². The van der Waals surface area contributed by atoms with Crippen molar-refractivity contribution in [3.63, 3.8) is 0 Å². The molecule has 0 spiro atoms. The fourth-order valence-corrected chi connectivity index (χ4v) is 12.8. The second kappa shape index (κ2) is 52.5. The van der Waals surface area contributed by atoms with E-state index in [1.54, 1.807) is 128 Å². The molecule has 122 heavy (non-hydrogen) atoms. The van der Waals surface area contributed by atoms with Crippen LogP contribution in [-0.2, 0) is 102 Å². The van der Waals surface area contributed by atoms with E-state index in [0.29, 0.717) is 46.0 Å². The van der Waals surface area contributed by atoms with E-state index in [9.17, 15) is 82.8 Å². The number of thiol groups is 2. The van der Waals surface area contributed by atoms with E-state index in [-0.39, 0.29) is 82.5 Å². The molecule has 0 saturated heterocycles. The third-order valence-electron chi connectivity index (χ3n) is 19.0. The Bertz CT molecular complexity index is 4330. The van der Waals surface area contributed by atoms with Gasteiger partial charge in [0.05, 0.1) is 44.5 Å². The maximum absolute atomic E-state index is 15.4. The molecule has 0 aliphatic carbocycles. The maximum Gasteiger partial charge on any atom is 0.327 e. The van der Waals surface area contributed by atoms with Gasteiger partial charge in [0.25, 0.3) is 0 Å². The van der Waals surface area contributed by atoms with E-state index in [0.717, 1.165) is 13.8 Å². The zero-order chi connectivity index (χ0) is 90.1. The molecule has 1 heterocycles. The number of aromatic amines is 1. The summed E-state index contributed by atoms with van der Waals surface area (Å²) in [4.78, 5) is 225. The first kappa shape index (κ1) is 101. The minimum Gasteiger partial charge on any atom is -0.480 e. The van der Waals surface area contributed by atoms with Crippen molar-refractivity contribution < 1.29 is 97.1 Å². The number of nitrogens with one attached hydrogen (secondary N) is 16.